The molecular weight excluding hydrogens is 357 g/mol. The highest BCUT2D eigenvalue weighted by molar-refractivity contribution is 7.92. The molecule has 26 heavy (non-hydrogen) atoms. The summed E-state index contributed by atoms with van der Waals surface area (Å²) in [4.78, 5) is 2.21. The Kier molecular flexibility index (Phi) is 4.46. The topological polar surface area (TPSA) is 61.9 Å². The van der Waals surface area contributed by atoms with Gasteiger partial charge in [-0.1, -0.05) is 18.2 Å². The highest BCUT2D eigenvalue weighted by atomic mass is 32.2. The average molecular weight is 377 g/mol. The van der Waals surface area contributed by atoms with Crippen molar-refractivity contribution < 1.29 is 17.5 Å². The number of hydrogen-bond donors (Lipinski definition) is 1. The van der Waals surface area contributed by atoms with Gasteiger partial charge in [-0.15, -0.1) is 0 Å². The zero-order valence-corrected chi connectivity index (χ0v) is 15.0. The molecule has 0 atom stereocenters. The van der Waals surface area contributed by atoms with E-state index in [-0.39, 0.29) is 23.7 Å². The van der Waals surface area contributed by atoms with E-state index in [1.807, 2.05) is 4.90 Å². The fourth-order valence-corrected chi connectivity index (χ4v) is 4.82. The van der Waals surface area contributed by atoms with Crippen LogP contribution in [0.4, 0.5) is 15.8 Å². The van der Waals surface area contributed by atoms with Gasteiger partial charge in [-0.2, -0.15) is 0 Å². The minimum Gasteiger partial charge on any atom is -0.487 e. The molecule has 4 rings (SSSR count). The van der Waals surface area contributed by atoms with E-state index < -0.39 is 15.8 Å². The molecule has 0 radical (unpaired) electrons. The molecule has 1 N–H and O–H groups in total. The molecule has 2 aliphatic heterocycles. The van der Waals surface area contributed by atoms with Gasteiger partial charge in [0.25, 0.3) is 10.0 Å². The number of piperazine rings is 1. The SMILES string of the molecule is O=S(=O)(c1ccccc1)N1CCOc2c(N3CCNCC3)cc(F)cc21. The Hall–Kier alpha value is -2.32. The lowest BCUT2D eigenvalue weighted by molar-refractivity contribution is 0.315. The third-order valence-corrected chi connectivity index (χ3v) is 6.44. The summed E-state index contributed by atoms with van der Waals surface area (Å²) in [5, 5.41) is 3.25. The minimum atomic E-state index is -3.78. The number of sulfonamides is 1. The van der Waals surface area contributed by atoms with Gasteiger partial charge in [0.05, 0.1) is 22.8 Å². The maximum atomic E-state index is 14.4. The molecule has 2 aromatic rings. The summed E-state index contributed by atoms with van der Waals surface area (Å²) < 4.78 is 47.5. The van der Waals surface area contributed by atoms with Gasteiger partial charge in [0.15, 0.2) is 5.75 Å². The number of fused-ring (bicyclic) bond motifs is 1. The number of hydrogen-bond acceptors (Lipinski definition) is 5. The van der Waals surface area contributed by atoms with Gasteiger partial charge in [-0.3, -0.25) is 4.31 Å². The summed E-state index contributed by atoms with van der Waals surface area (Å²) in [5.41, 5.74) is 0.864. The molecule has 2 aromatic carbocycles. The second kappa shape index (κ2) is 6.77. The molecule has 8 heteroatoms. The predicted octanol–water partition coefficient (Wildman–Crippen LogP) is 1.82. The Balaban J connectivity index is 1.80. The van der Waals surface area contributed by atoms with E-state index in [4.69, 9.17) is 4.74 Å². The van der Waals surface area contributed by atoms with E-state index in [2.05, 4.69) is 5.32 Å². The molecule has 0 aromatic heterocycles. The van der Waals surface area contributed by atoms with Crippen LogP contribution in [-0.4, -0.2) is 47.7 Å². The van der Waals surface area contributed by atoms with Crippen molar-refractivity contribution in [3.63, 3.8) is 0 Å². The normalized spacial score (nSPS) is 17.6. The summed E-state index contributed by atoms with van der Waals surface area (Å²) in [5.74, 6) is -0.0462. The standard InChI is InChI=1S/C18H20FN3O3S/c19-14-12-16(21-8-6-20-7-9-21)18-17(13-14)22(10-11-25-18)26(23,24)15-4-2-1-3-5-15/h1-5,12-13,20H,6-11H2. The quantitative estimate of drug-likeness (QED) is 0.884. The number of ether oxygens (including phenoxy) is 1. The first-order chi connectivity index (χ1) is 12.6. The van der Waals surface area contributed by atoms with Crippen LogP contribution in [-0.2, 0) is 10.0 Å². The van der Waals surface area contributed by atoms with Gasteiger partial charge in [0, 0.05) is 38.3 Å². The van der Waals surface area contributed by atoms with E-state index >= 15 is 0 Å². The summed E-state index contributed by atoms with van der Waals surface area (Å²) in [6, 6.07) is 10.8. The van der Waals surface area contributed by atoms with E-state index in [1.165, 1.54) is 16.4 Å². The molecule has 1 saturated heterocycles. The molecule has 0 aliphatic carbocycles. The van der Waals surface area contributed by atoms with Gasteiger partial charge in [-0.25, -0.2) is 12.8 Å². The Bertz CT molecular complexity index is 899. The number of anilines is 2. The van der Waals surface area contributed by atoms with E-state index in [9.17, 15) is 12.8 Å². The van der Waals surface area contributed by atoms with Crippen LogP contribution in [0, 0.1) is 5.82 Å². The third-order valence-electron chi connectivity index (χ3n) is 4.61. The monoisotopic (exact) mass is 377 g/mol. The van der Waals surface area contributed by atoms with Crippen molar-refractivity contribution in [1.29, 1.82) is 0 Å². The summed E-state index contributed by atoms with van der Waals surface area (Å²) >= 11 is 0. The molecule has 2 heterocycles. The molecule has 6 nitrogen and oxygen atoms in total. The van der Waals surface area contributed by atoms with Gasteiger partial charge >= 0.3 is 0 Å². The van der Waals surface area contributed by atoms with Crippen molar-refractivity contribution in [3.05, 3.63) is 48.3 Å². The molecule has 0 unspecified atom stereocenters. The van der Waals surface area contributed by atoms with Crippen LogP contribution in [0.1, 0.15) is 0 Å². The van der Waals surface area contributed by atoms with Crippen LogP contribution >= 0.6 is 0 Å². The van der Waals surface area contributed by atoms with Crippen molar-refractivity contribution in [2.24, 2.45) is 0 Å². The maximum Gasteiger partial charge on any atom is 0.264 e. The lowest BCUT2D eigenvalue weighted by Crippen LogP contribution is -2.44. The molecular formula is C18H20FN3O3S. The van der Waals surface area contributed by atoms with Crippen molar-refractivity contribution in [2.45, 2.75) is 4.90 Å². The van der Waals surface area contributed by atoms with Crippen LogP contribution in [0.3, 0.4) is 0 Å². The number of benzene rings is 2. The Labute approximate surface area is 152 Å². The van der Waals surface area contributed by atoms with Gasteiger partial charge in [0.2, 0.25) is 0 Å². The number of halogens is 1. The second-order valence-electron chi connectivity index (χ2n) is 6.25. The molecule has 0 spiro atoms. The van der Waals surface area contributed by atoms with Crippen molar-refractivity contribution >= 4 is 21.4 Å². The smallest absolute Gasteiger partial charge is 0.264 e. The first-order valence-corrected chi connectivity index (χ1v) is 10.0. The summed E-state index contributed by atoms with van der Waals surface area (Å²) in [6.07, 6.45) is 0. The van der Waals surface area contributed by atoms with E-state index in [0.717, 1.165) is 13.1 Å². The molecule has 0 bridgehead atoms. The fraction of sp³-hybridized carbons (Fsp3) is 0.333. The van der Waals surface area contributed by atoms with Crippen molar-refractivity contribution in [3.8, 4) is 5.75 Å². The van der Waals surface area contributed by atoms with Crippen LogP contribution in [0.5, 0.6) is 5.75 Å². The Morgan fingerprint density at radius 3 is 2.42 bits per heavy atom. The van der Waals surface area contributed by atoms with Crippen LogP contribution in [0.2, 0.25) is 0 Å². The molecule has 0 saturated carbocycles. The third kappa shape index (κ3) is 2.99. The molecule has 0 amide bonds. The minimum absolute atomic E-state index is 0.147. The van der Waals surface area contributed by atoms with E-state index in [1.54, 1.807) is 30.3 Å². The zero-order valence-electron chi connectivity index (χ0n) is 14.2. The van der Waals surface area contributed by atoms with E-state index in [0.29, 0.717) is 24.5 Å². The van der Waals surface area contributed by atoms with Crippen molar-refractivity contribution in [1.82, 2.24) is 5.32 Å². The van der Waals surface area contributed by atoms with Gasteiger partial charge < -0.3 is 15.0 Å². The lowest BCUT2D eigenvalue weighted by Gasteiger charge is -2.36. The number of nitrogens with zero attached hydrogens (tertiary/aromatic N) is 2. The lowest BCUT2D eigenvalue weighted by atomic mass is 10.2. The molecule has 138 valence electrons. The summed E-state index contributed by atoms with van der Waals surface area (Å²) in [6.45, 7) is 3.38. The fourth-order valence-electron chi connectivity index (χ4n) is 3.36. The summed E-state index contributed by atoms with van der Waals surface area (Å²) in [7, 11) is -3.78. The van der Waals surface area contributed by atoms with Crippen LogP contribution in [0.15, 0.2) is 47.4 Å². The zero-order chi connectivity index (χ0) is 18.1. The van der Waals surface area contributed by atoms with Crippen LogP contribution < -0.4 is 19.3 Å². The molecule has 1 fully saturated rings. The van der Waals surface area contributed by atoms with Gasteiger partial charge in [-0.05, 0) is 12.1 Å². The van der Waals surface area contributed by atoms with Crippen LogP contribution in [0.25, 0.3) is 0 Å². The van der Waals surface area contributed by atoms with Gasteiger partial charge in [0.1, 0.15) is 12.4 Å². The largest absolute Gasteiger partial charge is 0.487 e. The average Bonchev–Trinajstić information content (AvgIpc) is 2.68. The molecule has 2 aliphatic rings. The second-order valence-corrected chi connectivity index (χ2v) is 8.11. The maximum absolute atomic E-state index is 14.4. The first kappa shape index (κ1) is 17.1. The highest BCUT2D eigenvalue weighted by Crippen LogP contribution is 2.43. The van der Waals surface area contributed by atoms with Crippen molar-refractivity contribution in [2.75, 3.05) is 48.5 Å². The predicted molar refractivity (Wildman–Crippen MR) is 98.0 cm³/mol. The number of rotatable bonds is 3. The Morgan fingerprint density at radius 2 is 1.69 bits per heavy atom. The highest BCUT2D eigenvalue weighted by Gasteiger charge is 2.33. The first-order valence-electron chi connectivity index (χ1n) is 8.57. The Morgan fingerprint density at radius 1 is 1.00 bits per heavy atom. The number of nitrogens with one attached hydrogen (secondary N) is 1.